The normalized spacial score (nSPS) is 29.0. The van der Waals surface area contributed by atoms with Crippen molar-refractivity contribution in [2.45, 2.75) is 43.8 Å². The summed E-state index contributed by atoms with van der Waals surface area (Å²) in [5.74, 6) is -6.70. The summed E-state index contributed by atoms with van der Waals surface area (Å²) in [5.41, 5.74) is -3.25. The predicted octanol–water partition coefficient (Wildman–Crippen LogP) is 3.27. The standard InChI is InChI=1S/C16H17F5O5/c1-4-25-13-9(7-5-6-8(17)10(18)11(7)24-3)12(14(22)23)26-15(13,2)16(19,20)21/h5-6,9,12-13H,4H2,1-3H3,(H,22,23)/t9?,12-,13?,15?/m1/s1. The number of aliphatic carboxylic acids is 1. The third kappa shape index (κ3) is 3.11. The van der Waals surface area contributed by atoms with Crippen LogP contribution in [0.15, 0.2) is 12.1 Å². The topological polar surface area (TPSA) is 65.0 Å². The summed E-state index contributed by atoms with van der Waals surface area (Å²) >= 11 is 0. The van der Waals surface area contributed by atoms with Crippen molar-refractivity contribution >= 4 is 5.97 Å². The number of ether oxygens (including phenoxy) is 3. The molecule has 1 fully saturated rings. The van der Waals surface area contributed by atoms with Crippen molar-refractivity contribution in [2.75, 3.05) is 13.7 Å². The van der Waals surface area contributed by atoms with Crippen molar-refractivity contribution in [3.8, 4) is 5.75 Å². The number of methoxy groups -OCH3 is 1. The van der Waals surface area contributed by atoms with Crippen LogP contribution in [0.2, 0.25) is 0 Å². The lowest BCUT2D eigenvalue weighted by Crippen LogP contribution is -2.52. The maximum atomic E-state index is 14.0. The second-order valence-corrected chi connectivity index (χ2v) is 5.87. The molecule has 146 valence electrons. The summed E-state index contributed by atoms with van der Waals surface area (Å²) in [6, 6.07) is 1.65. The molecule has 0 aliphatic carbocycles. The van der Waals surface area contributed by atoms with Gasteiger partial charge in [0.25, 0.3) is 0 Å². The first-order valence-electron chi connectivity index (χ1n) is 7.60. The van der Waals surface area contributed by atoms with Gasteiger partial charge in [0.2, 0.25) is 5.82 Å². The van der Waals surface area contributed by atoms with Crippen LogP contribution < -0.4 is 4.74 Å². The minimum Gasteiger partial charge on any atom is -0.493 e. The van der Waals surface area contributed by atoms with Gasteiger partial charge in [-0.15, -0.1) is 0 Å². The molecule has 2 rings (SSSR count). The van der Waals surface area contributed by atoms with Crippen LogP contribution in [-0.2, 0) is 14.3 Å². The van der Waals surface area contributed by atoms with Crippen LogP contribution in [-0.4, -0.2) is 48.8 Å². The number of carbonyl (C=O) groups is 1. The third-order valence-electron chi connectivity index (χ3n) is 4.36. The van der Waals surface area contributed by atoms with Gasteiger partial charge in [-0.25, -0.2) is 9.18 Å². The van der Waals surface area contributed by atoms with Crippen molar-refractivity contribution in [3.05, 3.63) is 29.3 Å². The number of alkyl halides is 3. The number of carboxylic acid groups (broad SMARTS) is 1. The molecule has 1 aliphatic rings. The first-order chi connectivity index (χ1) is 12.0. The molecule has 0 radical (unpaired) electrons. The number of carboxylic acids is 1. The Labute approximate surface area is 145 Å². The second kappa shape index (κ2) is 6.99. The highest BCUT2D eigenvalue weighted by Crippen LogP contribution is 2.52. The minimum absolute atomic E-state index is 0.186. The Hall–Kier alpha value is -1.94. The van der Waals surface area contributed by atoms with Crippen molar-refractivity contribution in [1.29, 1.82) is 0 Å². The average molecular weight is 384 g/mol. The molecule has 0 amide bonds. The molecule has 3 unspecified atom stereocenters. The van der Waals surface area contributed by atoms with Crippen LogP contribution in [0, 0.1) is 11.6 Å². The summed E-state index contributed by atoms with van der Waals surface area (Å²) in [6.07, 6.45) is -8.79. The van der Waals surface area contributed by atoms with E-state index in [1.54, 1.807) is 0 Å². The van der Waals surface area contributed by atoms with Crippen molar-refractivity contribution in [3.63, 3.8) is 0 Å². The number of hydrogen-bond acceptors (Lipinski definition) is 4. The fourth-order valence-corrected chi connectivity index (χ4v) is 3.12. The smallest absolute Gasteiger partial charge is 0.419 e. The Morgan fingerprint density at radius 1 is 1.35 bits per heavy atom. The molecule has 10 heteroatoms. The highest BCUT2D eigenvalue weighted by atomic mass is 19.4. The van der Waals surface area contributed by atoms with E-state index in [-0.39, 0.29) is 12.2 Å². The number of rotatable bonds is 5. The Bertz CT molecular complexity index is 692. The highest BCUT2D eigenvalue weighted by molar-refractivity contribution is 5.75. The lowest BCUT2D eigenvalue weighted by atomic mass is 9.83. The van der Waals surface area contributed by atoms with E-state index in [9.17, 15) is 31.9 Å². The Balaban J connectivity index is 2.70. The molecule has 0 saturated carbocycles. The number of halogens is 5. The SMILES string of the molecule is CCOC1C(c2ccc(F)c(F)c2OC)[C@H](C(=O)O)OC1(C)C(F)(F)F. The molecule has 1 aromatic carbocycles. The third-order valence-corrected chi connectivity index (χ3v) is 4.36. The van der Waals surface area contributed by atoms with Gasteiger partial charge >= 0.3 is 12.1 Å². The van der Waals surface area contributed by atoms with E-state index in [0.717, 1.165) is 13.2 Å². The zero-order chi connectivity index (χ0) is 19.9. The van der Waals surface area contributed by atoms with Gasteiger partial charge in [0, 0.05) is 12.2 Å². The van der Waals surface area contributed by atoms with E-state index in [1.807, 2.05) is 0 Å². The number of benzene rings is 1. The van der Waals surface area contributed by atoms with E-state index < -0.39 is 53.3 Å². The quantitative estimate of drug-likeness (QED) is 0.790. The first kappa shape index (κ1) is 20.4. The summed E-state index contributed by atoms with van der Waals surface area (Å²) < 4.78 is 83.1. The molecular weight excluding hydrogens is 367 g/mol. The Morgan fingerprint density at radius 2 is 1.96 bits per heavy atom. The van der Waals surface area contributed by atoms with Crippen molar-refractivity contribution in [2.24, 2.45) is 0 Å². The summed E-state index contributed by atoms with van der Waals surface area (Å²) in [6.45, 7) is 1.90. The fourth-order valence-electron chi connectivity index (χ4n) is 3.12. The fraction of sp³-hybridized carbons (Fsp3) is 0.562. The van der Waals surface area contributed by atoms with E-state index in [4.69, 9.17) is 14.2 Å². The monoisotopic (exact) mass is 384 g/mol. The molecular formula is C16H17F5O5. The van der Waals surface area contributed by atoms with Crippen LogP contribution in [0.5, 0.6) is 5.75 Å². The molecule has 1 N–H and O–H groups in total. The minimum atomic E-state index is -4.97. The van der Waals surface area contributed by atoms with Gasteiger partial charge in [-0.05, 0) is 19.9 Å². The number of hydrogen-bond donors (Lipinski definition) is 1. The maximum Gasteiger partial charge on any atom is 0.419 e. The van der Waals surface area contributed by atoms with Crippen molar-refractivity contribution in [1.82, 2.24) is 0 Å². The summed E-state index contributed by atoms with van der Waals surface area (Å²) in [4.78, 5) is 11.5. The zero-order valence-corrected chi connectivity index (χ0v) is 14.1. The van der Waals surface area contributed by atoms with Crippen LogP contribution in [0.3, 0.4) is 0 Å². The lowest BCUT2D eigenvalue weighted by Gasteiger charge is -2.33. The van der Waals surface area contributed by atoms with Gasteiger partial charge in [0.1, 0.15) is 6.10 Å². The van der Waals surface area contributed by atoms with E-state index >= 15 is 0 Å². The lowest BCUT2D eigenvalue weighted by molar-refractivity contribution is -0.286. The second-order valence-electron chi connectivity index (χ2n) is 5.87. The van der Waals surface area contributed by atoms with Gasteiger partial charge in [-0.3, -0.25) is 0 Å². The molecule has 5 nitrogen and oxygen atoms in total. The average Bonchev–Trinajstić information content (AvgIpc) is 2.85. The van der Waals surface area contributed by atoms with Crippen molar-refractivity contribution < 1.29 is 46.1 Å². The predicted molar refractivity (Wildman–Crippen MR) is 78.0 cm³/mol. The van der Waals surface area contributed by atoms with Crippen LogP contribution in [0.1, 0.15) is 25.3 Å². The molecule has 1 saturated heterocycles. The molecule has 1 aliphatic heterocycles. The molecule has 1 heterocycles. The summed E-state index contributed by atoms with van der Waals surface area (Å²) in [5, 5.41) is 9.36. The maximum absolute atomic E-state index is 14.0. The van der Waals surface area contributed by atoms with Crippen LogP contribution in [0.25, 0.3) is 0 Å². The Kier molecular flexibility index (Phi) is 5.48. The van der Waals surface area contributed by atoms with Gasteiger partial charge in [-0.2, -0.15) is 17.6 Å². The van der Waals surface area contributed by atoms with Gasteiger partial charge in [0.15, 0.2) is 23.3 Å². The molecule has 26 heavy (non-hydrogen) atoms. The van der Waals surface area contributed by atoms with E-state index in [2.05, 4.69) is 0 Å². The molecule has 1 aromatic rings. The van der Waals surface area contributed by atoms with Gasteiger partial charge < -0.3 is 19.3 Å². The van der Waals surface area contributed by atoms with Crippen LogP contribution >= 0.6 is 0 Å². The summed E-state index contributed by atoms with van der Waals surface area (Å²) in [7, 11) is 0.992. The van der Waals surface area contributed by atoms with Crippen LogP contribution in [0.4, 0.5) is 22.0 Å². The molecule has 0 spiro atoms. The first-order valence-corrected chi connectivity index (χ1v) is 7.60. The molecule has 0 aromatic heterocycles. The Morgan fingerprint density at radius 3 is 2.42 bits per heavy atom. The van der Waals surface area contributed by atoms with Gasteiger partial charge in [0.05, 0.1) is 13.0 Å². The van der Waals surface area contributed by atoms with E-state index in [0.29, 0.717) is 13.0 Å². The highest BCUT2D eigenvalue weighted by Gasteiger charge is 2.68. The molecule has 0 bridgehead atoms. The largest absolute Gasteiger partial charge is 0.493 e. The zero-order valence-electron chi connectivity index (χ0n) is 14.1. The molecule has 4 atom stereocenters. The van der Waals surface area contributed by atoms with Gasteiger partial charge in [-0.1, -0.05) is 6.07 Å². The van der Waals surface area contributed by atoms with E-state index in [1.165, 1.54) is 6.92 Å².